The molecular weight excluding hydrogens is 138 g/mol. The van der Waals surface area contributed by atoms with E-state index in [0.29, 0.717) is 0 Å². The van der Waals surface area contributed by atoms with Crippen LogP contribution >= 0.6 is 0 Å². The molecule has 1 unspecified atom stereocenters. The lowest BCUT2D eigenvalue weighted by molar-refractivity contribution is -0.122. The fourth-order valence-corrected chi connectivity index (χ4v) is 0.868. The zero-order valence-corrected chi connectivity index (χ0v) is 7.61. The van der Waals surface area contributed by atoms with E-state index in [1.165, 1.54) is 0 Å². The summed E-state index contributed by atoms with van der Waals surface area (Å²) in [6, 6.07) is 0. The van der Waals surface area contributed by atoms with Gasteiger partial charge in [0.15, 0.2) is 0 Å². The maximum Gasteiger partial charge on any atom is 0.149 e. The van der Waals surface area contributed by atoms with Crippen molar-refractivity contribution in [2.24, 2.45) is 0 Å². The van der Waals surface area contributed by atoms with Crippen molar-refractivity contribution in [2.45, 2.75) is 32.2 Å². The number of nitrogens with one attached hydrogen (secondary N) is 1. The van der Waals surface area contributed by atoms with Crippen molar-refractivity contribution in [1.29, 1.82) is 0 Å². The van der Waals surface area contributed by atoms with Gasteiger partial charge in [-0.05, 0) is 33.7 Å². The summed E-state index contributed by atoms with van der Waals surface area (Å²) in [5.74, 6) is 0.182. The van der Waals surface area contributed by atoms with E-state index < -0.39 is 0 Å². The van der Waals surface area contributed by atoms with E-state index in [9.17, 15) is 4.79 Å². The van der Waals surface area contributed by atoms with Crippen LogP contribution in [0.3, 0.4) is 0 Å². The van der Waals surface area contributed by atoms with Gasteiger partial charge in [0.05, 0.1) is 5.54 Å². The lowest BCUT2D eigenvalue weighted by Crippen LogP contribution is -2.46. The third kappa shape index (κ3) is 2.85. The van der Waals surface area contributed by atoms with E-state index in [0.717, 1.165) is 12.8 Å². The third-order valence-electron chi connectivity index (χ3n) is 2.18. The number of ketones is 1. The second-order valence-electron chi connectivity index (χ2n) is 2.97. The predicted molar refractivity (Wildman–Crippen MR) is 47.6 cm³/mol. The van der Waals surface area contributed by atoms with Crippen molar-refractivity contribution < 1.29 is 4.79 Å². The summed E-state index contributed by atoms with van der Waals surface area (Å²) in [5, 5.41) is 3.02. The maximum atomic E-state index is 11.1. The molecule has 0 aliphatic heterocycles. The predicted octanol–water partition coefficient (Wildman–Crippen LogP) is 1.52. The molecular formula is C9H17NO. The molecule has 1 N–H and O–H groups in total. The smallest absolute Gasteiger partial charge is 0.149 e. The number of hydrogen-bond donors (Lipinski definition) is 1. The summed E-state index contributed by atoms with van der Waals surface area (Å²) in [6.45, 7) is 7.14. The molecule has 0 amide bonds. The minimum atomic E-state index is -0.367. The first kappa shape index (κ1) is 10.4. The highest BCUT2D eigenvalue weighted by molar-refractivity contribution is 5.85. The Morgan fingerprint density at radius 3 is 2.55 bits per heavy atom. The molecule has 0 saturated carbocycles. The Kier molecular flexibility index (Phi) is 4.04. The number of carbonyl (C=O) groups is 1. The van der Waals surface area contributed by atoms with Gasteiger partial charge in [-0.3, -0.25) is 4.79 Å². The second-order valence-corrected chi connectivity index (χ2v) is 2.97. The zero-order chi connectivity index (χ0) is 8.91. The van der Waals surface area contributed by atoms with Crippen LogP contribution in [0.25, 0.3) is 0 Å². The number of allylic oxidation sites excluding steroid dienone is 1. The van der Waals surface area contributed by atoms with Crippen LogP contribution in [-0.4, -0.2) is 18.4 Å². The van der Waals surface area contributed by atoms with E-state index in [1.54, 1.807) is 6.92 Å². The minimum Gasteiger partial charge on any atom is -0.308 e. The second kappa shape index (κ2) is 4.29. The topological polar surface area (TPSA) is 29.1 Å². The summed E-state index contributed by atoms with van der Waals surface area (Å²) in [6.07, 6.45) is 3.53. The van der Waals surface area contributed by atoms with Gasteiger partial charge >= 0.3 is 0 Å². The molecule has 0 aliphatic rings. The number of Topliss-reactive ketones (excluding diaryl/α,β-unsaturated/α-hetero) is 1. The van der Waals surface area contributed by atoms with Crippen molar-refractivity contribution in [1.82, 2.24) is 5.32 Å². The first-order valence-electron chi connectivity index (χ1n) is 3.87. The van der Waals surface area contributed by atoms with Gasteiger partial charge in [0.25, 0.3) is 0 Å². The summed E-state index contributed by atoms with van der Waals surface area (Å²) in [5.41, 5.74) is -0.367. The molecule has 2 heteroatoms. The van der Waals surface area contributed by atoms with Gasteiger partial charge in [-0.2, -0.15) is 0 Å². The van der Waals surface area contributed by atoms with Gasteiger partial charge in [0.2, 0.25) is 0 Å². The molecule has 0 aromatic carbocycles. The normalized spacial score (nSPS) is 15.5. The Bertz CT molecular complexity index is 154. The molecule has 0 fully saturated rings. The molecule has 0 aromatic heterocycles. The third-order valence-corrected chi connectivity index (χ3v) is 2.18. The molecule has 0 aromatic rings. The van der Waals surface area contributed by atoms with E-state index in [2.05, 4.69) is 11.9 Å². The van der Waals surface area contributed by atoms with Crippen LogP contribution in [0.5, 0.6) is 0 Å². The summed E-state index contributed by atoms with van der Waals surface area (Å²) in [4.78, 5) is 11.1. The Morgan fingerprint density at radius 1 is 1.73 bits per heavy atom. The molecule has 0 radical (unpaired) electrons. The summed E-state index contributed by atoms with van der Waals surface area (Å²) >= 11 is 0. The van der Waals surface area contributed by atoms with E-state index in [-0.39, 0.29) is 11.3 Å². The molecule has 64 valence electrons. The van der Waals surface area contributed by atoms with Gasteiger partial charge in [0.1, 0.15) is 5.78 Å². The van der Waals surface area contributed by atoms with Crippen LogP contribution in [0, 0.1) is 0 Å². The summed E-state index contributed by atoms with van der Waals surface area (Å²) < 4.78 is 0. The molecule has 0 rings (SSSR count). The number of carbonyl (C=O) groups excluding carboxylic acids is 1. The molecule has 0 aliphatic carbocycles. The van der Waals surface area contributed by atoms with Crippen molar-refractivity contribution in [3.8, 4) is 0 Å². The molecule has 0 spiro atoms. The highest BCUT2D eigenvalue weighted by atomic mass is 16.1. The Balaban J connectivity index is 4.09. The van der Waals surface area contributed by atoms with Crippen molar-refractivity contribution in [2.75, 3.05) is 7.05 Å². The Hall–Kier alpha value is -0.630. The van der Waals surface area contributed by atoms with Gasteiger partial charge in [0, 0.05) is 0 Å². The standard InChI is InChI=1S/C9H17NO/c1-5-6-7-9(3,10-4)8(2)11/h5,10H,1,6-7H2,2-4H3. The van der Waals surface area contributed by atoms with Crippen molar-refractivity contribution in [3.63, 3.8) is 0 Å². The number of hydrogen-bond acceptors (Lipinski definition) is 2. The van der Waals surface area contributed by atoms with Crippen LogP contribution in [0.2, 0.25) is 0 Å². The van der Waals surface area contributed by atoms with Gasteiger partial charge < -0.3 is 5.32 Å². The van der Waals surface area contributed by atoms with Crippen LogP contribution in [0.1, 0.15) is 26.7 Å². The monoisotopic (exact) mass is 155 g/mol. The molecule has 0 saturated heterocycles. The Labute approximate surface area is 68.7 Å². The lowest BCUT2D eigenvalue weighted by Gasteiger charge is -2.25. The average molecular weight is 155 g/mol. The van der Waals surface area contributed by atoms with Gasteiger partial charge in [-0.1, -0.05) is 6.08 Å². The zero-order valence-electron chi connectivity index (χ0n) is 7.61. The van der Waals surface area contributed by atoms with Crippen LogP contribution in [0.4, 0.5) is 0 Å². The van der Waals surface area contributed by atoms with Crippen LogP contribution < -0.4 is 5.32 Å². The van der Waals surface area contributed by atoms with Crippen molar-refractivity contribution >= 4 is 5.78 Å². The van der Waals surface area contributed by atoms with Crippen LogP contribution in [-0.2, 0) is 4.79 Å². The fraction of sp³-hybridized carbons (Fsp3) is 0.667. The molecule has 1 atom stereocenters. The van der Waals surface area contributed by atoms with E-state index in [1.807, 2.05) is 20.0 Å². The molecule has 2 nitrogen and oxygen atoms in total. The molecule has 11 heavy (non-hydrogen) atoms. The highest BCUT2D eigenvalue weighted by Gasteiger charge is 2.25. The highest BCUT2D eigenvalue weighted by Crippen LogP contribution is 2.12. The van der Waals surface area contributed by atoms with Gasteiger partial charge in [-0.15, -0.1) is 6.58 Å². The average Bonchev–Trinajstić information content (AvgIpc) is 2.00. The number of rotatable bonds is 5. The molecule has 0 heterocycles. The largest absolute Gasteiger partial charge is 0.308 e. The van der Waals surface area contributed by atoms with Crippen molar-refractivity contribution in [3.05, 3.63) is 12.7 Å². The minimum absolute atomic E-state index is 0.182. The quantitative estimate of drug-likeness (QED) is 0.610. The van der Waals surface area contributed by atoms with E-state index >= 15 is 0 Å². The van der Waals surface area contributed by atoms with Crippen LogP contribution in [0.15, 0.2) is 12.7 Å². The number of likely N-dealkylation sites (N-methyl/N-ethyl adjacent to an activating group) is 1. The van der Waals surface area contributed by atoms with Gasteiger partial charge in [-0.25, -0.2) is 0 Å². The SMILES string of the molecule is C=CCCC(C)(NC)C(C)=O. The first-order valence-corrected chi connectivity index (χ1v) is 3.87. The Morgan fingerprint density at radius 2 is 2.27 bits per heavy atom. The van der Waals surface area contributed by atoms with E-state index in [4.69, 9.17) is 0 Å². The first-order chi connectivity index (χ1) is 5.06. The summed E-state index contributed by atoms with van der Waals surface area (Å²) in [7, 11) is 1.81. The fourth-order valence-electron chi connectivity index (χ4n) is 0.868. The maximum absolute atomic E-state index is 11.1. The molecule has 0 bridgehead atoms. The lowest BCUT2D eigenvalue weighted by atomic mass is 9.92.